The maximum Gasteiger partial charge on any atom is 0.303 e. The Morgan fingerprint density at radius 1 is 1.45 bits per heavy atom. The molecule has 5 heteroatoms. The summed E-state index contributed by atoms with van der Waals surface area (Å²) in [4.78, 5) is 10.8. The molecule has 1 aliphatic carbocycles. The standard InChI is InChI=1S/C24H32N2O3/c1-3-4-7-15(2)19(25)13-12-17-20(26)14-21-23(17)18-10-5-8-16(24(18)29-21)9-6-11-22(27)28/h5,8,10,12-13,15,17,19-21,23H,6-7,9,11,14,25-26H2,1-2H3,(H,27,28)/b13-12+. The maximum absolute atomic E-state index is 10.8. The number of rotatable bonds is 8. The summed E-state index contributed by atoms with van der Waals surface area (Å²) in [5, 5.41) is 8.90. The van der Waals surface area contributed by atoms with Gasteiger partial charge in [-0.1, -0.05) is 37.3 Å². The number of carbonyl (C=O) groups is 1. The van der Waals surface area contributed by atoms with Crippen LogP contribution in [0.25, 0.3) is 0 Å². The van der Waals surface area contributed by atoms with E-state index in [4.69, 9.17) is 21.3 Å². The van der Waals surface area contributed by atoms with E-state index in [0.29, 0.717) is 18.8 Å². The van der Waals surface area contributed by atoms with Crippen LogP contribution in [0.5, 0.6) is 5.75 Å². The second-order valence-electron chi connectivity index (χ2n) is 8.31. The molecule has 3 rings (SSSR count). The summed E-state index contributed by atoms with van der Waals surface area (Å²) in [6, 6.07) is 6.20. The molecule has 6 atom stereocenters. The van der Waals surface area contributed by atoms with Crippen molar-refractivity contribution in [1.29, 1.82) is 0 Å². The zero-order chi connectivity index (χ0) is 21.0. The molecular weight excluding hydrogens is 364 g/mol. The van der Waals surface area contributed by atoms with Crippen LogP contribution in [0, 0.1) is 23.7 Å². The van der Waals surface area contributed by atoms with E-state index in [9.17, 15) is 4.79 Å². The smallest absolute Gasteiger partial charge is 0.303 e. The van der Waals surface area contributed by atoms with Crippen molar-refractivity contribution < 1.29 is 14.6 Å². The van der Waals surface area contributed by atoms with Gasteiger partial charge < -0.3 is 21.3 Å². The van der Waals surface area contributed by atoms with Crippen molar-refractivity contribution in [3.63, 3.8) is 0 Å². The first kappa shape index (κ1) is 21.4. The molecule has 1 aromatic carbocycles. The summed E-state index contributed by atoms with van der Waals surface area (Å²) < 4.78 is 6.32. The number of para-hydroxylation sites is 1. The second kappa shape index (κ2) is 9.47. The van der Waals surface area contributed by atoms with Crippen LogP contribution in [0.15, 0.2) is 30.4 Å². The minimum atomic E-state index is -0.762. The number of nitrogens with two attached hydrogens (primary N) is 2. The van der Waals surface area contributed by atoms with Gasteiger partial charge in [0, 0.05) is 48.7 Å². The Balaban J connectivity index is 1.75. The highest BCUT2D eigenvalue weighted by molar-refractivity contribution is 5.66. The van der Waals surface area contributed by atoms with Crippen LogP contribution in [0.2, 0.25) is 0 Å². The Bertz CT molecular complexity index is 823. The van der Waals surface area contributed by atoms with Gasteiger partial charge in [-0.3, -0.25) is 4.79 Å². The summed E-state index contributed by atoms with van der Waals surface area (Å²) >= 11 is 0. The van der Waals surface area contributed by atoms with Gasteiger partial charge in [-0.05, 0) is 31.2 Å². The van der Waals surface area contributed by atoms with E-state index < -0.39 is 5.97 Å². The Hall–Kier alpha value is -2.29. The number of hydrogen-bond donors (Lipinski definition) is 3. The van der Waals surface area contributed by atoms with E-state index in [1.165, 1.54) is 5.56 Å². The number of benzene rings is 1. The Labute approximate surface area is 173 Å². The molecule has 29 heavy (non-hydrogen) atoms. The lowest BCUT2D eigenvalue weighted by Gasteiger charge is -2.20. The van der Waals surface area contributed by atoms with Crippen molar-refractivity contribution in [1.82, 2.24) is 0 Å². The molecule has 1 aromatic rings. The van der Waals surface area contributed by atoms with Gasteiger partial charge in [0.25, 0.3) is 0 Å². The highest BCUT2D eigenvalue weighted by atomic mass is 16.5. The molecule has 0 radical (unpaired) electrons. The highest BCUT2D eigenvalue weighted by Gasteiger charge is 2.48. The largest absolute Gasteiger partial charge is 0.489 e. The number of ether oxygens (including phenoxy) is 1. The van der Waals surface area contributed by atoms with Crippen LogP contribution in [-0.4, -0.2) is 29.3 Å². The van der Waals surface area contributed by atoms with Gasteiger partial charge in [0.2, 0.25) is 0 Å². The molecule has 2 aliphatic rings. The molecule has 6 unspecified atom stereocenters. The Kier molecular flexibility index (Phi) is 7.00. The summed E-state index contributed by atoms with van der Waals surface area (Å²) in [5.41, 5.74) is 15.1. The number of aliphatic carboxylic acids is 1. The molecule has 5 nitrogen and oxygen atoms in total. The lowest BCUT2D eigenvalue weighted by molar-refractivity contribution is -0.137. The molecule has 0 aromatic heterocycles. The van der Waals surface area contributed by atoms with Crippen LogP contribution < -0.4 is 16.2 Å². The van der Waals surface area contributed by atoms with Gasteiger partial charge in [0.05, 0.1) is 0 Å². The predicted molar refractivity (Wildman–Crippen MR) is 115 cm³/mol. The Morgan fingerprint density at radius 3 is 2.97 bits per heavy atom. The van der Waals surface area contributed by atoms with Crippen molar-refractivity contribution >= 4 is 5.97 Å². The summed E-state index contributed by atoms with van der Waals surface area (Å²) in [6.45, 7) is 3.97. The lowest BCUT2D eigenvalue weighted by atomic mass is 9.85. The van der Waals surface area contributed by atoms with Crippen LogP contribution in [0.3, 0.4) is 0 Å². The van der Waals surface area contributed by atoms with E-state index in [1.54, 1.807) is 0 Å². The first-order valence-corrected chi connectivity index (χ1v) is 10.5. The third-order valence-electron chi connectivity index (χ3n) is 6.22. The van der Waals surface area contributed by atoms with Crippen molar-refractivity contribution in [2.24, 2.45) is 23.3 Å². The number of fused-ring (bicyclic) bond motifs is 3. The van der Waals surface area contributed by atoms with Crippen molar-refractivity contribution in [2.45, 2.75) is 70.1 Å². The molecule has 1 saturated carbocycles. The van der Waals surface area contributed by atoms with E-state index in [2.05, 4.69) is 37.0 Å². The van der Waals surface area contributed by atoms with Gasteiger partial charge in [-0.2, -0.15) is 0 Å². The number of carboxylic acid groups (broad SMARTS) is 1. The van der Waals surface area contributed by atoms with E-state index >= 15 is 0 Å². The summed E-state index contributed by atoms with van der Waals surface area (Å²) in [5.74, 6) is 6.91. The number of aryl methyl sites for hydroxylation is 1. The molecule has 1 aliphatic heterocycles. The summed E-state index contributed by atoms with van der Waals surface area (Å²) in [7, 11) is 0. The van der Waals surface area contributed by atoms with E-state index in [0.717, 1.165) is 24.2 Å². The maximum atomic E-state index is 10.8. The van der Waals surface area contributed by atoms with E-state index in [1.807, 2.05) is 19.1 Å². The first-order chi connectivity index (χ1) is 13.9. The highest BCUT2D eigenvalue weighted by Crippen LogP contribution is 2.51. The minimum Gasteiger partial charge on any atom is -0.489 e. The lowest BCUT2D eigenvalue weighted by Crippen LogP contribution is -2.28. The van der Waals surface area contributed by atoms with Gasteiger partial charge >= 0.3 is 5.97 Å². The minimum absolute atomic E-state index is 0.0445. The van der Waals surface area contributed by atoms with Crippen LogP contribution >= 0.6 is 0 Å². The zero-order valence-corrected chi connectivity index (χ0v) is 17.3. The number of carboxylic acids is 1. The van der Waals surface area contributed by atoms with Gasteiger partial charge in [0.15, 0.2) is 0 Å². The van der Waals surface area contributed by atoms with Crippen molar-refractivity contribution in [3.05, 3.63) is 41.5 Å². The van der Waals surface area contributed by atoms with Gasteiger partial charge in [-0.25, -0.2) is 0 Å². The monoisotopic (exact) mass is 396 g/mol. The average Bonchev–Trinajstić information content (AvgIpc) is 3.19. The van der Waals surface area contributed by atoms with Crippen LogP contribution in [0.4, 0.5) is 0 Å². The quantitative estimate of drug-likeness (QED) is 0.463. The fourth-order valence-electron chi connectivity index (χ4n) is 4.51. The molecule has 0 amide bonds. The van der Waals surface area contributed by atoms with Crippen LogP contribution in [-0.2, 0) is 11.2 Å². The normalized spacial score (nSPS) is 26.9. The third-order valence-corrected chi connectivity index (χ3v) is 6.22. The fraction of sp³-hybridized carbons (Fsp3) is 0.542. The zero-order valence-electron chi connectivity index (χ0n) is 17.3. The first-order valence-electron chi connectivity index (χ1n) is 10.5. The fourth-order valence-corrected chi connectivity index (χ4v) is 4.51. The topological polar surface area (TPSA) is 98.6 Å². The molecule has 0 saturated heterocycles. The number of hydrogen-bond acceptors (Lipinski definition) is 4. The SMILES string of the molecule is CC#CCC(C)C(N)/C=C/C1C(N)CC2Oc3c(CCCC(=O)O)cccc3C21. The molecule has 0 bridgehead atoms. The molecule has 156 valence electrons. The molecule has 1 fully saturated rings. The molecule has 1 heterocycles. The average molecular weight is 397 g/mol. The van der Waals surface area contributed by atoms with Crippen molar-refractivity contribution in [2.75, 3.05) is 0 Å². The molecule has 0 spiro atoms. The van der Waals surface area contributed by atoms with E-state index in [-0.39, 0.29) is 36.4 Å². The second-order valence-corrected chi connectivity index (χ2v) is 8.31. The van der Waals surface area contributed by atoms with Crippen LogP contribution in [0.1, 0.15) is 56.6 Å². The van der Waals surface area contributed by atoms with Gasteiger partial charge in [0.1, 0.15) is 11.9 Å². The predicted octanol–water partition coefficient (Wildman–Crippen LogP) is 3.22. The molecular formula is C24H32N2O3. The van der Waals surface area contributed by atoms with Gasteiger partial charge in [-0.15, -0.1) is 11.8 Å². The van der Waals surface area contributed by atoms with Crippen molar-refractivity contribution in [3.8, 4) is 17.6 Å². The Morgan fingerprint density at radius 2 is 2.24 bits per heavy atom. The summed E-state index contributed by atoms with van der Waals surface area (Å²) in [6.07, 6.45) is 7.45. The molecule has 5 N–H and O–H groups in total. The third kappa shape index (κ3) is 4.83.